The highest BCUT2D eigenvalue weighted by atomic mass is 32.2. The van der Waals surface area contributed by atoms with Gasteiger partial charge in [-0.15, -0.1) is 11.8 Å². The van der Waals surface area contributed by atoms with Crippen molar-refractivity contribution in [3.8, 4) is 6.07 Å². The minimum atomic E-state index is 0.521. The van der Waals surface area contributed by atoms with Crippen molar-refractivity contribution in [1.29, 1.82) is 5.26 Å². The van der Waals surface area contributed by atoms with E-state index in [0.29, 0.717) is 6.04 Å². The van der Waals surface area contributed by atoms with E-state index < -0.39 is 0 Å². The standard InChI is InChI=1S/C16H22N2S2/c1-3-19-13-9-8-12(10-13)18-15-6-5-7-16(20-4-2)14(15)11-17/h5-7,12-13,18H,3-4,8-10H2,1-2H3. The molecule has 1 fully saturated rings. The number of nitrogens with zero attached hydrogens (tertiary/aromatic N) is 1. The zero-order valence-corrected chi connectivity index (χ0v) is 13.8. The van der Waals surface area contributed by atoms with Crippen LogP contribution in [0.15, 0.2) is 23.1 Å². The first kappa shape index (κ1) is 15.6. The SMILES string of the molecule is CCSc1cccc(NC2CCC(SCC)C2)c1C#N. The van der Waals surface area contributed by atoms with Crippen LogP contribution < -0.4 is 5.32 Å². The van der Waals surface area contributed by atoms with Gasteiger partial charge in [0.05, 0.1) is 11.3 Å². The van der Waals surface area contributed by atoms with Crippen LogP contribution in [0.25, 0.3) is 0 Å². The molecule has 1 aliphatic rings. The molecular formula is C16H22N2S2. The summed E-state index contributed by atoms with van der Waals surface area (Å²) < 4.78 is 0. The Hall–Kier alpha value is -0.790. The Bertz CT molecular complexity index is 482. The number of benzene rings is 1. The first-order valence-corrected chi connectivity index (χ1v) is 9.36. The molecule has 1 N–H and O–H groups in total. The van der Waals surface area contributed by atoms with Crippen molar-refractivity contribution in [2.45, 2.75) is 49.3 Å². The van der Waals surface area contributed by atoms with Crippen LogP contribution in [0.5, 0.6) is 0 Å². The fourth-order valence-corrected chi connectivity index (χ4v) is 4.65. The quantitative estimate of drug-likeness (QED) is 0.769. The first-order valence-electron chi connectivity index (χ1n) is 7.32. The number of nitrogens with one attached hydrogen (secondary N) is 1. The van der Waals surface area contributed by atoms with Gasteiger partial charge in [-0.05, 0) is 42.9 Å². The van der Waals surface area contributed by atoms with Gasteiger partial charge in [-0.1, -0.05) is 19.9 Å². The number of anilines is 1. The molecule has 2 nitrogen and oxygen atoms in total. The Kier molecular flexibility index (Phi) is 6.12. The van der Waals surface area contributed by atoms with E-state index in [9.17, 15) is 5.26 Å². The van der Waals surface area contributed by atoms with Crippen LogP contribution in [-0.2, 0) is 0 Å². The van der Waals surface area contributed by atoms with Crippen molar-refractivity contribution in [3.05, 3.63) is 23.8 Å². The molecule has 1 saturated carbocycles. The van der Waals surface area contributed by atoms with Gasteiger partial charge in [0, 0.05) is 16.2 Å². The number of thioether (sulfide) groups is 2. The Morgan fingerprint density at radius 2 is 2.15 bits per heavy atom. The molecule has 0 aromatic heterocycles. The van der Waals surface area contributed by atoms with Crippen molar-refractivity contribution in [2.24, 2.45) is 0 Å². The highest BCUT2D eigenvalue weighted by Crippen LogP contribution is 2.34. The van der Waals surface area contributed by atoms with Crippen molar-refractivity contribution in [2.75, 3.05) is 16.8 Å². The Morgan fingerprint density at radius 3 is 2.85 bits per heavy atom. The molecule has 108 valence electrons. The molecule has 2 unspecified atom stereocenters. The lowest BCUT2D eigenvalue weighted by molar-refractivity contribution is 0.756. The lowest BCUT2D eigenvalue weighted by atomic mass is 10.1. The van der Waals surface area contributed by atoms with E-state index in [-0.39, 0.29) is 0 Å². The molecule has 0 spiro atoms. The molecule has 0 amide bonds. The fraction of sp³-hybridized carbons (Fsp3) is 0.562. The maximum Gasteiger partial charge on any atom is 0.102 e. The van der Waals surface area contributed by atoms with Gasteiger partial charge in [-0.2, -0.15) is 17.0 Å². The molecule has 2 atom stereocenters. The van der Waals surface area contributed by atoms with Crippen molar-refractivity contribution in [1.82, 2.24) is 0 Å². The van der Waals surface area contributed by atoms with Crippen molar-refractivity contribution in [3.63, 3.8) is 0 Å². The molecule has 0 radical (unpaired) electrons. The Labute approximate surface area is 130 Å². The average molecular weight is 307 g/mol. The predicted molar refractivity (Wildman–Crippen MR) is 90.7 cm³/mol. The molecule has 0 saturated heterocycles. The smallest absolute Gasteiger partial charge is 0.102 e. The van der Waals surface area contributed by atoms with Gasteiger partial charge in [0.2, 0.25) is 0 Å². The van der Waals surface area contributed by atoms with E-state index in [2.05, 4.69) is 37.0 Å². The third kappa shape index (κ3) is 3.86. The van der Waals surface area contributed by atoms with Crippen molar-refractivity contribution >= 4 is 29.2 Å². The van der Waals surface area contributed by atoms with Crippen LogP contribution in [0, 0.1) is 11.3 Å². The van der Waals surface area contributed by atoms with Gasteiger partial charge >= 0.3 is 0 Å². The van der Waals surface area contributed by atoms with E-state index in [4.69, 9.17) is 0 Å². The number of hydrogen-bond acceptors (Lipinski definition) is 4. The third-order valence-corrected chi connectivity index (χ3v) is 5.76. The van der Waals surface area contributed by atoms with Crippen LogP contribution in [0.1, 0.15) is 38.7 Å². The molecule has 4 heteroatoms. The van der Waals surface area contributed by atoms with Crippen LogP contribution in [0.2, 0.25) is 0 Å². The summed E-state index contributed by atoms with van der Waals surface area (Å²) in [6.45, 7) is 4.35. The zero-order valence-electron chi connectivity index (χ0n) is 12.2. The summed E-state index contributed by atoms with van der Waals surface area (Å²) in [6.07, 6.45) is 3.73. The number of hydrogen-bond donors (Lipinski definition) is 1. The second-order valence-corrected chi connectivity index (χ2v) is 7.84. The highest BCUT2D eigenvalue weighted by molar-refractivity contribution is 7.99. The Morgan fingerprint density at radius 1 is 1.30 bits per heavy atom. The minimum Gasteiger partial charge on any atom is -0.381 e. The van der Waals surface area contributed by atoms with E-state index >= 15 is 0 Å². The summed E-state index contributed by atoms with van der Waals surface area (Å²) >= 11 is 3.81. The molecule has 0 heterocycles. The van der Waals surface area contributed by atoms with Gasteiger partial charge in [-0.25, -0.2) is 0 Å². The highest BCUT2D eigenvalue weighted by Gasteiger charge is 2.25. The van der Waals surface area contributed by atoms with Crippen LogP contribution >= 0.6 is 23.5 Å². The molecule has 0 bridgehead atoms. The molecular weight excluding hydrogens is 284 g/mol. The number of rotatable bonds is 6. The second-order valence-electron chi connectivity index (χ2n) is 4.96. The average Bonchev–Trinajstić information content (AvgIpc) is 2.87. The molecule has 1 aliphatic carbocycles. The lowest BCUT2D eigenvalue weighted by Gasteiger charge is -2.17. The van der Waals surface area contributed by atoms with Crippen molar-refractivity contribution < 1.29 is 0 Å². The van der Waals surface area contributed by atoms with Gasteiger partial charge in [-0.3, -0.25) is 0 Å². The summed E-state index contributed by atoms with van der Waals surface area (Å²) in [5.41, 5.74) is 1.82. The molecule has 2 rings (SSSR count). The van der Waals surface area contributed by atoms with Gasteiger partial charge in [0.15, 0.2) is 0 Å². The van der Waals surface area contributed by atoms with Crippen LogP contribution in [0.3, 0.4) is 0 Å². The number of nitriles is 1. The van der Waals surface area contributed by atoms with E-state index in [0.717, 1.165) is 27.1 Å². The first-order chi connectivity index (χ1) is 9.78. The molecule has 20 heavy (non-hydrogen) atoms. The summed E-state index contributed by atoms with van der Waals surface area (Å²) in [7, 11) is 0. The fourth-order valence-electron chi connectivity index (χ4n) is 2.72. The normalized spacial score (nSPS) is 21.6. The van der Waals surface area contributed by atoms with E-state index in [1.165, 1.54) is 25.0 Å². The zero-order chi connectivity index (χ0) is 14.4. The lowest BCUT2D eigenvalue weighted by Crippen LogP contribution is -2.17. The topological polar surface area (TPSA) is 35.8 Å². The van der Waals surface area contributed by atoms with Gasteiger partial charge in [0.1, 0.15) is 6.07 Å². The van der Waals surface area contributed by atoms with Crippen LogP contribution in [0.4, 0.5) is 5.69 Å². The third-order valence-electron chi connectivity index (χ3n) is 3.58. The summed E-state index contributed by atoms with van der Waals surface area (Å²) in [5.74, 6) is 2.19. The molecule has 1 aromatic rings. The van der Waals surface area contributed by atoms with E-state index in [1.54, 1.807) is 11.8 Å². The van der Waals surface area contributed by atoms with Gasteiger partial charge < -0.3 is 5.32 Å². The summed E-state index contributed by atoms with van der Waals surface area (Å²) in [6, 6.07) is 9.03. The van der Waals surface area contributed by atoms with Crippen LogP contribution in [-0.4, -0.2) is 22.8 Å². The monoisotopic (exact) mass is 306 g/mol. The van der Waals surface area contributed by atoms with E-state index in [1.807, 2.05) is 18.2 Å². The van der Waals surface area contributed by atoms with Gasteiger partial charge in [0.25, 0.3) is 0 Å². The maximum absolute atomic E-state index is 9.43. The maximum atomic E-state index is 9.43. The predicted octanol–water partition coefficient (Wildman–Crippen LogP) is 4.76. The minimum absolute atomic E-state index is 0.521. The molecule has 1 aromatic carbocycles. The largest absolute Gasteiger partial charge is 0.381 e. The Balaban J connectivity index is 2.06. The summed E-state index contributed by atoms with van der Waals surface area (Å²) in [5, 5.41) is 13.8. The second kappa shape index (κ2) is 7.85. The molecule has 0 aliphatic heterocycles. The summed E-state index contributed by atoms with van der Waals surface area (Å²) in [4.78, 5) is 1.09.